The number of nitrogens with zero attached hydrogens (tertiary/aromatic N) is 2. The van der Waals surface area contributed by atoms with Crippen LogP contribution in [0.15, 0.2) is 6.20 Å². The van der Waals surface area contributed by atoms with Crippen molar-refractivity contribution in [3.05, 3.63) is 17.7 Å². The highest BCUT2D eigenvalue weighted by Crippen LogP contribution is 2.06. The van der Waals surface area contributed by atoms with E-state index in [4.69, 9.17) is 9.84 Å². The molecule has 0 aromatic carbocycles. The first-order valence-electron chi connectivity index (χ1n) is 4.56. The lowest BCUT2D eigenvalue weighted by Crippen LogP contribution is -2.11. The molecule has 0 saturated carbocycles. The van der Waals surface area contributed by atoms with Gasteiger partial charge in [0.15, 0.2) is 0 Å². The molecule has 0 radical (unpaired) electrons. The van der Waals surface area contributed by atoms with Gasteiger partial charge in [-0.1, -0.05) is 0 Å². The van der Waals surface area contributed by atoms with E-state index in [1.54, 1.807) is 4.57 Å². The summed E-state index contributed by atoms with van der Waals surface area (Å²) in [5.74, 6) is -0.297. The standard InChI is InChI=1S/C9H14N2O3/c1-3-11-7(9(12)13)5-10-8(11)6-14-4-2/h5H,3-4,6H2,1-2H3,(H,12,13). The number of rotatable bonds is 5. The van der Waals surface area contributed by atoms with Crippen LogP contribution in [0.5, 0.6) is 0 Å². The van der Waals surface area contributed by atoms with Crippen LogP contribution in [0.3, 0.4) is 0 Å². The van der Waals surface area contributed by atoms with E-state index in [0.717, 1.165) is 0 Å². The van der Waals surface area contributed by atoms with Gasteiger partial charge in [0.1, 0.15) is 18.1 Å². The molecular weight excluding hydrogens is 184 g/mol. The molecule has 0 amide bonds. The van der Waals surface area contributed by atoms with Crippen LogP contribution in [0, 0.1) is 0 Å². The second kappa shape index (κ2) is 4.76. The van der Waals surface area contributed by atoms with Gasteiger partial charge in [0, 0.05) is 13.2 Å². The van der Waals surface area contributed by atoms with Crippen molar-refractivity contribution in [1.29, 1.82) is 0 Å². The minimum Gasteiger partial charge on any atom is -0.477 e. The number of ether oxygens (including phenoxy) is 1. The van der Waals surface area contributed by atoms with Gasteiger partial charge >= 0.3 is 5.97 Å². The molecule has 0 saturated heterocycles. The lowest BCUT2D eigenvalue weighted by Gasteiger charge is -2.06. The zero-order valence-corrected chi connectivity index (χ0v) is 8.36. The van der Waals surface area contributed by atoms with Crippen molar-refractivity contribution in [3.8, 4) is 0 Å². The van der Waals surface area contributed by atoms with E-state index in [1.165, 1.54) is 6.20 Å². The van der Waals surface area contributed by atoms with Crippen LogP contribution in [-0.4, -0.2) is 27.2 Å². The Morgan fingerprint density at radius 2 is 2.36 bits per heavy atom. The fourth-order valence-electron chi connectivity index (χ4n) is 1.25. The van der Waals surface area contributed by atoms with Gasteiger partial charge in [-0.05, 0) is 13.8 Å². The molecule has 0 atom stereocenters. The van der Waals surface area contributed by atoms with E-state index < -0.39 is 5.97 Å². The molecule has 0 unspecified atom stereocenters. The smallest absolute Gasteiger partial charge is 0.354 e. The lowest BCUT2D eigenvalue weighted by atomic mass is 10.4. The number of imidazole rings is 1. The Hall–Kier alpha value is -1.36. The number of aromatic nitrogens is 2. The first-order valence-corrected chi connectivity index (χ1v) is 4.56. The summed E-state index contributed by atoms with van der Waals surface area (Å²) < 4.78 is 6.82. The van der Waals surface area contributed by atoms with Gasteiger partial charge in [0.05, 0.1) is 6.20 Å². The Labute approximate surface area is 82.3 Å². The summed E-state index contributed by atoms with van der Waals surface area (Å²) in [4.78, 5) is 14.8. The Bertz CT molecular complexity index is 320. The highest BCUT2D eigenvalue weighted by Gasteiger charge is 2.13. The monoisotopic (exact) mass is 198 g/mol. The van der Waals surface area contributed by atoms with Crippen molar-refractivity contribution in [2.75, 3.05) is 6.61 Å². The Balaban J connectivity index is 2.89. The van der Waals surface area contributed by atoms with E-state index >= 15 is 0 Å². The number of hydrogen-bond acceptors (Lipinski definition) is 3. The molecule has 14 heavy (non-hydrogen) atoms. The number of carboxylic acid groups (broad SMARTS) is 1. The van der Waals surface area contributed by atoms with Crippen molar-refractivity contribution in [3.63, 3.8) is 0 Å². The molecule has 0 spiro atoms. The Kier molecular flexibility index (Phi) is 3.64. The summed E-state index contributed by atoms with van der Waals surface area (Å²) in [7, 11) is 0. The molecule has 78 valence electrons. The molecule has 1 rings (SSSR count). The summed E-state index contributed by atoms with van der Waals surface area (Å²) in [6.07, 6.45) is 1.36. The number of aromatic carboxylic acids is 1. The third-order valence-corrected chi connectivity index (χ3v) is 1.91. The van der Waals surface area contributed by atoms with Crippen molar-refractivity contribution < 1.29 is 14.6 Å². The highest BCUT2D eigenvalue weighted by atomic mass is 16.5. The molecule has 1 heterocycles. The van der Waals surface area contributed by atoms with Gasteiger partial charge in [-0.2, -0.15) is 0 Å². The molecule has 0 bridgehead atoms. The van der Waals surface area contributed by atoms with E-state index in [9.17, 15) is 4.79 Å². The summed E-state index contributed by atoms with van der Waals surface area (Å²) in [5, 5.41) is 8.83. The first-order chi connectivity index (χ1) is 6.70. The van der Waals surface area contributed by atoms with Crippen molar-refractivity contribution in [1.82, 2.24) is 9.55 Å². The molecule has 1 aromatic rings. The number of carboxylic acids is 1. The van der Waals surface area contributed by atoms with Gasteiger partial charge in [-0.3, -0.25) is 0 Å². The average Bonchev–Trinajstić information content (AvgIpc) is 2.57. The average molecular weight is 198 g/mol. The van der Waals surface area contributed by atoms with Crippen LogP contribution >= 0.6 is 0 Å². The largest absolute Gasteiger partial charge is 0.477 e. The molecular formula is C9H14N2O3. The molecule has 0 fully saturated rings. The van der Waals surface area contributed by atoms with Crippen LogP contribution in [-0.2, 0) is 17.9 Å². The van der Waals surface area contributed by atoms with Crippen molar-refractivity contribution in [2.45, 2.75) is 27.0 Å². The summed E-state index contributed by atoms with van der Waals surface area (Å²) >= 11 is 0. The molecule has 5 heteroatoms. The summed E-state index contributed by atoms with van der Waals surface area (Å²) in [6.45, 7) is 5.31. The van der Waals surface area contributed by atoms with Crippen LogP contribution in [0.25, 0.3) is 0 Å². The Morgan fingerprint density at radius 3 is 2.86 bits per heavy atom. The first kappa shape index (κ1) is 10.7. The van der Waals surface area contributed by atoms with Gasteiger partial charge in [0.2, 0.25) is 0 Å². The third kappa shape index (κ3) is 2.11. The molecule has 0 aliphatic heterocycles. The number of carbonyl (C=O) groups is 1. The van der Waals surface area contributed by atoms with Crippen LogP contribution in [0.1, 0.15) is 30.2 Å². The topological polar surface area (TPSA) is 64.3 Å². The predicted octanol–water partition coefficient (Wildman–Crippen LogP) is 1.14. The van der Waals surface area contributed by atoms with E-state index in [2.05, 4.69) is 4.98 Å². The van der Waals surface area contributed by atoms with Crippen LogP contribution in [0.4, 0.5) is 0 Å². The number of hydrogen-bond donors (Lipinski definition) is 1. The van der Waals surface area contributed by atoms with E-state index in [-0.39, 0.29) is 5.69 Å². The van der Waals surface area contributed by atoms with Crippen molar-refractivity contribution in [2.24, 2.45) is 0 Å². The molecule has 1 aromatic heterocycles. The fraction of sp³-hybridized carbons (Fsp3) is 0.556. The van der Waals surface area contributed by atoms with Gasteiger partial charge in [0.25, 0.3) is 0 Å². The van der Waals surface area contributed by atoms with Crippen LogP contribution in [0.2, 0.25) is 0 Å². The second-order valence-electron chi connectivity index (χ2n) is 2.75. The van der Waals surface area contributed by atoms with Crippen molar-refractivity contribution >= 4 is 5.97 Å². The molecule has 1 N–H and O–H groups in total. The zero-order valence-electron chi connectivity index (χ0n) is 8.36. The summed E-state index contributed by atoms with van der Waals surface area (Å²) in [5.41, 5.74) is 0.210. The fourth-order valence-corrected chi connectivity index (χ4v) is 1.25. The SMILES string of the molecule is CCOCc1ncc(C(=O)O)n1CC. The quantitative estimate of drug-likeness (QED) is 0.770. The minimum absolute atomic E-state index is 0.210. The van der Waals surface area contributed by atoms with Crippen LogP contribution < -0.4 is 0 Å². The maximum absolute atomic E-state index is 10.8. The zero-order chi connectivity index (χ0) is 10.6. The normalized spacial score (nSPS) is 10.4. The van der Waals surface area contributed by atoms with Gasteiger partial charge in [-0.15, -0.1) is 0 Å². The molecule has 5 nitrogen and oxygen atoms in total. The van der Waals surface area contributed by atoms with Gasteiger partial charge < -0.3 is 14.4 Å². The minimum atomic E-state index is -0.956. The third-order valence-electron chi connectivity index (χ3n) is 1.91. The summed E-state index contributed by atoms with van der Waals surface area (Å²) in [6, 6.07) is 0. The van der Waals surface area contributed by atoms with E-state index in [0.29, 0.717) is 25.6 Å². The molecule has 0 aliphatic carbocycles. The lowest BCUT2D eigenvalue weighted by molar-refractivity contribution is 0.0683. The second-order valence-corrected chi connectivity index (χ2v) is 2.75. The highest BCUT2D eigenvalue weighted by molar-refractivity contribution is 5.85. The maximum atomic E-state index is 10.8. The predicted molar refractivity (Wildman–Crippen MR) is 50.2 cm³/mol. The molecule has 0 aliphatic rings. The maximum Gasteiger partial charge on any atom is 0.354 e. The Morgan fingerprint density at radius 1 is 1.64 bits per heavy atom. The van der Waals surface area contributed by atoms with Gasteiger partial charge in [-0.25, -0.2) is 9.78 Å². The van der Waals surface area contributed by atoms with E-state index in [1.807, 2.05) is 13.8 Å².